The molecule has 0 aliphatic heterocycles. The number of rotatable bonds is 5. The molecule has 1 unspecified atom stereocenters. The van der Waals surface area contributed by atoms with E-state index in [1.165, 1.54) is 0 Å². The second-order valence-electron chi connectivity index (χ2n) is 3.47. The molecule has 0 N–H and O–H groups in total. The van der Waals surface area contributed by atoms with Gasteiger partial charge in [-0.25, -0.2) is 4.79 Å². The van der Waals surface area contributed by atoms with Gasteiger partial charge in [0.25, 0.3) is 0 Å². The van der Waals surface area contributed by atoms with Crippen LogP contribution in [-0.4, -0.2) is 11.9 Å². The van der Waals surface area contributed by atoms with Crippen molar-refractivity contribution in [3.8, 4) is 0 Å². The van der Waals surface area contributed by atoms with Crippen LogP contribution in [0.25, 0.3) is 0 Å². The summed E-state index contributed by atoms with van der Waals surface area (Å²) < 4.78 is 9.65. The molecular weight excluding hydrogens is 239 g/mol. The van der Waals surface area contributed by atoms with E-state index in [1.54, 1.807) is 24.3 Å². The highest BCUT2D eigenvalue weighted by Crippen LogP contribution is 2.20. The molecule has 0 amide bonds. The fourth-order valence-electron chi connectivity index (χ4n) is 1.34. The lowest BCUT2D eigenvalue weighted by atomic mass is 10.1. The van der Waals surface area contributed by atoms with E-state index in [4.69, 9.17) is 4.74 Å². The number of hydrogen-bond donors (Lipinski definition) is 0. The fraction of sp³-hybridized carbons (Fsp3) is 0.333. The van der Waals surface area contributed by atoms with Crippen molar-refractivity contribution in [3.05, 3.63) is 35.9 Å². The largest absolute Gasteiger partial charge is 0.449 e. The molecular formula is C12H15O4P. The van der Waals surface area contributed by atoms with Crippen molar-refractivity contribution >= 4 is 21.4 Å². The minimum atomic E-state index is -0.993. The van der Waals surface area contributed by atoms with Gasteiger partial charge in [0.15, 0.2) is 0 Å². The molecule has 0 saturated heterocycles. The summed E-state index contributed by atoms with van der Waals surface area (Å²) in [6.07, 6.45) is -0.0308. The van der Waals surface area contributed by atoms with E-state index in [0.29, 0.717) is 12.0 Å². The van der Waals surface area contributed by atoms with Crippen molar-refractivity contribution in [2.24, 2.45) is 0 Å². The zero-order valence-corrected chi connectivity index (χ0v) is 10.7. The molecule has 0 spiro atoms. The summed E-state index contributed by atoms with van der Waals surface area (Å²) in [6.45, 7) is 1.87. The van der Waals surface area contributed by atoms with Gasteiger partial charge in [-0.2, -0.15) is 0 Å². The van der Waals surface area contributed by atoms with Crippen LogP contribution in [-0.2, 0) is 18.8 Å². The lowest BCUT2D eigenvalue weighted by molar-refractivity contribution is -0.162. The third kappa shape index (κ3) is 4.16. The quantitative estimate of drug-likeness (QED) is 0.598. The number of ether oxygens (including phenoxy) is 1. The Kier molecular flexibility index (Phi) is 5.64. The van der Waals surface area contributed by atoms with E-state index in [9.17, 15) is 9.59 Å². The maximum Gasteiger partial charge on any atom is 0.354 e. The standard InChI is InChI=1S/C12H15O4P/c1-2-6-10(13)15-11(12(14)16-17)9-7-4-3-5-8-9/h3-5,7-8,11H,2,6,17H2,1H3/t11-/m0/s1. The van der Waals surface area contributed by atoms with Gasteiger partial charge in [0, 0.05) is 12.0 Å². The SMILES string of the molecule is CCCC(=O)O[C@H](C(=O)OP)c1ccccc1. The lowest BCUT2D eigenvalue weighted by Crippen LogP contribution is -2.19. The molecule has 92 valence electrons. The van der Waals surface area contributed by atoms with Gasteiger partial charge in [-0.3, -0.25) is 4.79 Å². The van der Waals surface area contributed by atoms with Gasteiger partial charge >= 0.3 is 11.9 Å². The maximum atomic E-state index is 11.5. The Hall–Kier alpha value is -1.41. The van der Waals surface area contributed by atoms with Crippen molar-refractivity contribution in [2.75, 3.05) is 0 Å². The van der Waals surface area contributed by atoms with Crippen molar-refractivity contribution in [3.63, 3.8) is 0 Å². The number of hydrogen-bond acceptors (Lipinski definition) is 4. The number of benzene rings is 1. The molecule has 2 atom stereocenters. The fourth-order valence-corrected chi connectivity index (χ4v) is 1.46. The lowest BCUT2D eigenvalue weighted by Gasteiger charge is -2.15. The van der Waals surface area contributed by atoms with Crippen LogP contribution in [0.5, 0.6) is 0 Å². The molecule has 1 aromatic carbocycles. The summed E-state index contributed by atoms with van der Waals surface area (Å²) in [5, 5.41) is 0. The van der Waals surface area contributed by atoms with Crippen molar-refractivity contribution < 1.29 is 18.8 Å². The summed E-state index contributed by atoms with van der Waals surface area (Å²) in [6, 6.07) is 8.79. The van der Waals surface area contributed by atoms with Crippen LogP contribution >= 0.6 is 9.47 Å². The first-order valence-corrected chi connectivity index (χ1v) is 5.81. The average molecular weight is 254 g/mol. The second kappa shape index (κ2) is 7.02. The normalized spacial score (nSPS) is 11.6. The third-order valence-electron chi connectivity index (χ3n) is 2.14. The summed E-state index contributed by atoms with van der Waals surface area (Å²) >= 11 is 0. The molecule has 17 heavy (non-hydrogen) atoms. The molecule has 0 radical (unpaired) electrons. The maximum absolute atomic E-state index is 11.5. The van der Waals surface area contributed by atoms with Gasteiger partial charge in [0.05, 0.1) is 9.47 Å². The average Bonchev–Trinajstić information content (AvgIpc) is 2.36. The number of carbonyl (C=O) groups is 2. The van der Waals surface area contributed by atoms with Crippen LogP contribution in [0.15, 0.2) is 30.3 Å². The molecule has 0 fully saturated rings. The van der Waals surface area contributed by atoms with Crippen LogP contribution < -0.4 is 0 Å². The Morgan fingerprint density at radius 3 is 2.47 bits per heavy atom. The summed E-state index contributed by atoms with van der Waals surface area (Å²) in [4.78, 5) is 22.9. The van der Waals surface area contributed by atoms with Gasteiger partial charge in [-0.1, -0.05) is 37.3 Å². The highest BCUT2D eigenvalue weighted by molar-refractivity contribution is 7.10. The molecule has 0 heterocycles. The van der Waals surface area contributed by atoms with Crippen LogP contribution in [0.1, 0.15) is 31.4 Å². The number of esters is 1. The molecule has 4 nitrogen and oxygen atoms in total. The van der Waals surface area contributed by atoms with E-state index in [-0.39, 0.29) is 6.42 Å². The minimum absolute atomic E-state index is 0.285. The van der Waals surface area contributed by atoms with E-state index in [0.717, 1.165) is 0 Å². The predicted molar refractivity (Wildman–Crippen MR) is 66.0 cm³/mol. The van der Waals surface area contributed by atoms with E-state index in [2.05, 4.69) is 4.52 Å². The third-order valence-corrected chi connectivity index (χ3v) is 2.37. The topological polar surface area (TPSA) is 52.6 Å². The first-order valence-electron chi connectivity index (χ1n) is 5.34. The Morgan fingerprint density at radius 2 is 1.94 bits per heavy atom. The smallest absolute Gasteiger partial charge is 0.354 e. The Morgan fingerprint density at radius 1 is 1.29 bits per heavy atom. The van der Waals surface area contributed by atoms with Crippen LogP contribution in [0, 0.1) is 0 Å². The molecule has 0 aliphatic carbocycles. The molecule has 1 aromatic rings. The summed E-state index contributed by atoms with van der Waals surface area (Å²) in [5.74, 6) is -1.01. The molecule has 0 aromatic heterocycles. The van der Waals surface area contributed by atoms with Crippen molar-refractivity contribution in [1.29, 1.82) is 0 Å². The molecule has 1 rings (SSSR count). The Labute approximate surface area is 103 Å². The second-order valence-corrected chi connectivity index (χ2v) is 3.70. The molecule has 5 heteroatoms. The minimum Gasteiger partial charge on any atom is -0.449 e. The van der Waals surface area contributed by atoms with Gasteiger partial charge < -0.3 is 9.26 Å². The monoisotopic (exact) mass is 254 g/mol. The summed E-state index contributed by atoms with van der Waals surface area (Å²) in [7, 11) is 1.86. The van der Waals surface area contributed by atoms with Gasteiger partial charge in [0.1, 0.15) is 0 Å². The van der Waals surface area contributed by atoms with Crippen LogP contribution in [0.3, 0.4) is 0 Å². The number of carbonyl (C=O) groups excluding carboxylic acids is 2. The van der Waals surface area contributed by atoms with E-state index < -0.39 is 18.0 Å². The highest BCUT2D eigenvalue weighted by atomic mass is 31.0. The zero-order valence-electron chi connectivity index (χ0n) is 9.59. The molecule has 0 aliphatic rings. The Bertz CT molecular complexity index is 377. The van der Waals surface area contributed by atoms with E-state index in [1.807, 2.05) is 22.5 Å². The first kappa shape index (κ1) is 13.7. The Balaban J connectivity index is 2.82. The van der Waals surface area contributed by atoms with Crippen LogP contribution in [0.4, 0.5) is 0 Å². The van der Waals surface area contributed by atoms with Crippen molar-refractivity contribution in [2.45, 2.75) is 25.9 Å². The van der Waals surface area contributed by atoms with Gasteiger partial charge in [-0.05, 0) is 6.42 Å². The molecule has 0 saturated carbocycles. The van der Waals surface area contributed by atoms with Gasteiger partial charge in [-0.15, -0.1) is 0 Å². The van der Waals surface area contributed by atoms with Crippen molar-refractivity contribution in [1.82, 2.24) is 0 Å². The first-order chi connectivity index (χ1) is 8.19. The zero-order chi connectivity index (χ0) is 12.7. The van der Waals surface area contributed by atoms with Gasteiger partial charge in [0.2, 0.25) is 6.10 Å². The highest BCUT2D eigenvalue weighted by Gasteiger charge is 2.25. The van der Waals surface area contributed by atoms with E-state index >= 15 is 0 Å². The molecule has 0 bridgehead atoms. The predicted octanol–water partition coefficient (Wildman–Crippen LogP) is 2.40. The van der Waals surface area contributed by atoms with Crippen LogP contribution in [0.2, 0.25) is 0 Å². The summed E-state index contributed by atoms with van der Waals surface area (Å²) in [5.41, 5.74) is 0.601.